The van der Waals surface area contributed by atoms with Crippen molar-refractivity contribution >= 4 is 6.09 Å². The molecule has 1 amide bonds. The molecule has 4 heteroatoms. The van der Waals surface area contributed by atoms with Crippen LogP contribution in [-0.4, -0.2) is 18.2 Å². The van der Waals surface area contributed by atoms with Crippen molar-refractivity contribution < 1.29 is 9.53 Å². The van der Waals surface area contributed by atoms with E-state index in [1.54, 1.807) is 0 Å². The second-order valence-electron chi connectivity index (χ2n) is 3.15. The molecule has 0 saturated heterocycles. The number of primary amides is 1. The van der Waals surface area contributed by atoms with E-state index in [4.69, 9.17) is 16.2 Å². The molecule has 0 aromatic carbocycles. The van der Waals surface area contributed by atoms with E-state index in [9.17, 15) is 4.79 Å². The first-order chi connectivity index (χ1) is 5.09. The molecule has 0 radical (unpaired) electrons. The summed E-state index contributed by atoms with van der Waals surface area (Å²) in [7, 11) is 0. The predicted molar refractivity (Wildman–Crippen MR) is 40.8 cm³/mol. The Morgan fingerprint density at radius 1 is 1.64 bits per heavy atom. The lowest BCUT2D eigenvalue weighted by molar-refractivity contribution is 0.0154. The molecule has 0 heterocycles. The fraction of sp³-hybridized carbons (Fsp3) is 0.857. The van der Waals surface area contributed by atoms with Crippen LogP contribution in [0.3, 0.4) is 0 Å². The largest absolute Gasteiger partial charge is 0.446 e. The highest BCUT2D eigenvalue weighted by molar-refractivity contribution is 5.64. The zero-order valence-corrected chi connectivity index (χ0v) is 6.62. The lowest BCUT2D eigenvalue weighted by Crippen LogP contribution is -2.42. The average Bonchev–Trinajstić information content (AvgIpc) is 1.75. The minimum atomic E-state index is -0.682. The number of hydrogen-bond acceptors (Lipinski definition) is 3. The van der Waals surface area contributed by atoms with Crippen LogP contribution in [0.5, 0.6) is 0 Å². The van der Waals surface area contributed by atoms with Gasteiger partial charge in [-0.3, -0.25) is 0 Å². The topological polar surface area (TPSA) is 78.3 Å². The van der Waals surface area contributed by atoms with E-state index in [0.29, 0.717) is 5.92 Å². The molecule has 0 spiro atoms. The Morgan fingerprint density at radius 2 is 2.18 bits per heavy atom. The van der Waals surface area contributed by atoms with Gasteiger partial charge in [-0.15, -0.1) is 0 Å². The van der Waals surface area contributed by atoms with Crippen LogP contribution < -0.4 is 11.5 Å². The van der Waals surface area contributed by atoms with Crippen molar-refractivity contribution in [2.24, 2.45) is 17.4 Å². The summed E-state index contributed by atoms with van der Waals surface area (Å²) < 4.78 is 4.75. The average molecular weight is 158 g/mol. The van der Waals surface area contributed by atoms with Gasteiger partial charge in [0, 0.05) is 6.04 Å². The van der Waals surface area contributed by atoms with Gasteiger partial charge in [-0.2, -0.15) is 0 Å². The van der Waals surface area contributed by atoms with Crippen molar-refractivity contribution in [1.82, 2.24) is 0 Å². The summed E-state index contributed by atoms with van der Waals surface area (Å²) in [5.41, 5.74) is 10.5. The molecule has 4 N–H and O–H groups in total. The molecule has 0 bridgehead atoms. The van der Waals surface area contributed by atoms with E-state index in [0.717, 1.165) is 12.8 Å². The summed E-state index contributed by atoms with van der Waals surface area (Å²) in [6.07, 6.45) is 1.06. The predicted octanol–water partition coefficient (Wildman–Crippen LogP) is 0.208. The van der Waals surface area contributed by atoms with Crippen molar-refractivity contribution in [1.29, 1.82) is 0 Å². The Kier molecular flexibility index (Phi) is 2.34. The lowest BCUT2D eigenvalue weighted by Gasteiger charge is -2.36. The number of carbonyl (C=O) groups is 1. The number of carbonyl (C=O) groups excluding carboxylic acids is 1. The summed E-state index contributed by atoms with van der Waals surface area (Å²) in [5.74, 6) is 0.499. The normalized spacial score (nSPS) is 32.2. The summed E-state index contributed by atoms with van der Waals surface area (Å²) in [4.78, 5) is 10.2. The summed E-state index contributed by atoms with van der Waals surface area (Å²) in [6.45, 7) is 1.96. The number of rotatable bonds is 2. The van der Waals surface area contributed by atoms with Crippen molar-refractivity contribution in [3.05, 3.63) is 0 Å². The molecule has 4 nitrogen and oxygen atoms in total. The number of ether oxygens (including phenoxy) is 1. The first kappa shape index (κ1) is 8.33. The fourth-order valence-corrected chi connectivity index (χ4v) is 1.30. The van der Waals surface area contributed by atoms with Crippen molar-refractivity contribution in [3.63, 3.8) is 0 Å². The van der Waals surface area contributed by atoms with E-state index >= 15 is 0 Å². The van der Waals surface area contributed by atoms with Crippen LogP contribution in [0.25, 0.3) is 0 Å². The third-order valence-electron chi connectivity index (χ3n) is 2.16. The summed E-state index contributed by atoms with van der Waals surface area (Å²) in [5, 5.41) is 0. The van der Waals surface area contributed by atoms with Gasteiger partial charge in [-0.25, -0.2) is 4.79 Å². The van der Waals surface area contributed by atoms with E-state index in [2.05, 4.69) is 0 Å². The van der Waals surface area contributed by atoms with E-state index < -0.39 is 6.09 Å². The van der Waals surface area contributed by atoms with E-state index in [1.165, 1.54) is 0 Å². The minimum Gasteiger partial charge on any atom is -0.446 e. The van der Waals surface area contributed by atoms with Gasteiger partial charge in [-0.1, -0.05) is 0 Å². The monoisotopic (exact) mass is 158 g/mol. The number of hydrogen-bond donors (Lipinski definition) is 2. The van der Waals surface area contributed by atoms with Gasteiger partial charge in [0.25, 0.3) is 0 Å². The Morgan fingerprint density at radius 3 is 2.55 bits per heavy atom. The first-order valence-electron chi connectivity index (χ1n) is 3.81. The SMILES string of the molecule is C[C@H](N)C1CC(OC(N)=O)C1. The molecule has 64 valence electrons. The van der Waals surface area contributed by atoms with Gasteiger partial charge in [0.1, 0.15) is 6.10 Å². The van der Waals surface area contributed by atoms with Gasteiger partial charge in [0.05, 0.1) is 0 Å². The van der Waals surface area contributed by atoms with Gasteiger partial charge >= 0.3 is 6.09 Å². The Hall–Kier alpha value is -0.770. The zero-order chi connectivity index (χ0) is 8.43. The zero-order valence-electron chi connectivity index (χ0n) is 6.62. The smallest absolute Gasteiger partial charge is 0.404 e. The van der Waals surface area contributed by atoms with Crippen LogP contribution in [-0.2, 0) is 4.74 Å². The second kappa shape index (κ2) is 3.09. The maximum absolute atomic E-state index is 10.2. The molecular weight excluding hydrogens is 144 g/mol. The van der Waals surface area contributed by atoms with Gasteiger partial charge < -0.3 is 16.2 Å². The van der Waals surface area contributed by atoms with Crippen molar-refractivity contribution in [3.8, 4) is 0 Å². The van der Waals surface area contributed by atoms with Gasteiger partial charge in [-0.05, 0) is 25.7 Å². The van der Waals surface area contributed by atoms with Crippen LogP contribution in [0.4, 0.5) is 4.79 Å². The Bertz CT molecular complexity index is 153. The van der Waals surface area contributed by atoms with Crippen LogP contribution in [0.2, 0.25) is 0 Å². The molecule has 11 heavy (non-hydrogen) atoms. The first-order valence-corrected chi connectivity index (χ1v) is 3.81. The molecule has 1 aliphatic carbocycles. The molecular formula is C7H14N2O2. The highest BCUT2D eigenvalue weighted by Crippen LogP contribution is 2.31. The van der Waals surface area contributed by atoms with Crippen LogP contribution in [0.1, 0.15) is 19.8 Å². The highest BCUT2D eigenvalue weighted by atomic mass is 16.6. The molecule has 1 rings (SSSR count). The third kappa shape index (κ3) is 2.08. The van der Waals surface area contributed by atoms with Crippen LogP contribution in [0.15, 0.2) is 0 Å². The third-order valence-corrected chi connectivity index (χ3v) is 2.16. The van der Waals surface area contributed by atoms with Crippen molar-refractivity contribution in [2.75, 3.05) is 0 Å². The van der Waals surface area contributed by atoms with Gasteiger partial charge in [0.2, 0.25) is 0 Å². The highest BCUT2D eigenvalue weighted by Gasteiger charge is 2.33. The van der Waals surface area contributed by atoms with Crippen LogP contribution >= 0.6 is 0 Å². The molecule has 0 unspecified atom stereocenters. The summed E-state index contributed by atoms with van der Waals surface area (Å²) >= 11 is 0. The van der Waals surface area contributed by atoms with Crippen LogP contribution in [0, 0.1) is 5.92 Å². The summed E-state index contributed by atoms with van der Waals surface area (Å²) in [6, 6.07) is 0.197. The Labute approximate surface area is 65.9 Å². The molecule has 0 aromatic heterocycles. The standard InChI is InChI=1S/C7H14N2O2/c1-4(8)5-2-6(3-5)11-7(9)10/h4-6H,2-3,8H2,1H3,(H2,9,10)/t4-,5?,6?/m0/s1. The molecule has 1 saturated carbocycles. The van der Waals surface area contributed by atoms with Crippen molar-refractivity contribution in [2.45, 2.75) is 31.9 Å². The van der Waals surface area contributed by atoms with E-state index in [1.807, 2.05) is 6.92 Å². The molecule has 1 atom stereocenters. The second-order valence-corrected chi connectivity index (χ2v) is 3.15. The molecule has 1 fully saturated rings. The lowest BCUT2D eigenvalue weighted by atomic mass is 9.78. The fourth-order valence-electron chi connectivity index (χ4n) is 1.30. The number of nitrogens with two attached hydrogens (primary N) is 2. The maximum atomic E-state index is 10.2. The maximum Gasteiger partial charge on any atom is 0.404 e. The molecule has 0 aromatic rings. The van der Waals surface area contributed by atoms with E-state index in [-0.39, 0.29) is 12.1 Å². The minimum absolute atomic E-state index is 0.0171. The van der Waals surface area contributed by atoms with Gasteiger partial charge in [0.15, 0.2) is 0 Å². The quantitative estimate of drug-likeness (QED) is 0.602. The molecule has 0 aliphatic heterocycles. The molecule has 1 aliphatic rings. The number of amides is 1. The Balaban J connectivity index is 2.14.